The Morgan fingerprint density at radius 3 is 2.47 bits per heavy atom. The van der Waals surface area contributed by atoms with Gasteiger partial charge in [-0.2, -0.15) is 5.26 Å². The van der Waals surface area contributed by atoms with Gasteiger partial charge in [0.15, 0.2) is 6.61 Å². The number of hydrogen-bond acceptors (Lipinski definition) is 12. The van der Waals surface area contributed by atoms with Gasteiger partial charge in [-0.1, -0.05) is 6.07 Å². The number of pyridine rings is 2. The van der Waals surface area contributed by atoms with Crippen molar-refractivity contribution < 1.29 is 38.3 Å². The number of hydrogen-bond donors (Lipinski definition) is 5. The molecule has 1 aromatic carbocycles. The van der Waals surface area contributed by atoms with Crippen molar-refractivity contribution in [1.82, 2.24) is 40.7 Å². The van der Waals surface area contributed by atoms with Crippen LogP contribution >= 0.6 is 0 Å². The molecule has 3 aromatic heterocycles. The minimum absolute atomic E-state index is 0.00320. The van der Waals surface area contributed by atoms with Gasteiger partial charge in [-0.15, -0.1) is 0 Å². The van der Waals surface area contributed by atoms with E-state index in [1.165, 1.54) is 24.4 Å². The van der Waals surface area contributed by atoms with Gasteiger partial charge < -0.3 is 26.0 Å². The van der Waals surface area contributed by atoms with Gasteiger partial charge >= 0.3 is 0 Å². The van der Waals surface area contributed by atoms with Crippen molar-refractivity contribution in [2.24, 2.45) is 5.92 Å². The van der Waals surface area contributed by atoms with Crippen LogP contribution in [0.15, 0.2) is 54.9 Å². The zero-order valence-electron chi connectivity index (χ0n) is 34.5. The molecule has 5 heterocycles. The molecule has 1 saturated heterocycles. The summed E-state index contributed by atoms with van der Waals surface area (Å²) < 4.78 is 7.42. The molecule has 0 radical (unpaired) electrons. The fourth-order valence-electron chi connectivity index (χ4n) is 8.01. The van der Waals surface area contributed by atoms with Crippen LogP contribution in [0.2, 0.25) is 0 Å². The van der Waals surface area contributed by atoms with Crippen LogP contribution in [-0.4, -0.2) is 98.6 Å². The van der Waals surface area contributed by atoms with Crippen LogP contribution in [0, 0.1) is 17.2 Å². The smallest absolute Gasteiger partial charge is 0.270 e. The molecule has 18 nitrogen and oxygen atoms in total. The van der Waals surface area contributed by atoms with E-state index in [1.54, 1.807) is 16.7 Å². The highest BCUT2D eigenvalue weighted by atomic mass is 16.5. The van der Waals surface area contributed by atoms with Crippen molar-refractivity contribution in [3.05, 3.63) is 77.2 Å². The van der Waals surface area contributed by atoms with E-state index < -0.39 is 42.2 Å². The third-order valence-corrected chi connectivity index (χ3v) is 11.1. The minimum atomic E-state index is -1.11. The lowest BCUT2D eigenvalue weighted by Gasteiger charge is -2.28. The average molecular weight is 845 g/mol. The molecule has 7 amide bonds. The molecule has 3 aliphatic rings. The molecule has 0 spiro atoms. The summed E-state index contributed by atoms with van der Waals surface area (Å²) in [6.07, 6.45) is 8.06. The number of carbonyl (C=O) groups excluding carboxylic acids is 7. The van der Waals surface area contributed by atoms with E-state index >= 15 is 0 Å². The third-order valence-electron chi connectivity index (χ3n) is 11.1. The molecule has 2 aliphatic heterocycles. The molecule has 1 unspecified atom stereocenters. The Kier molecular flexibility index (Phi) is 13.2. The van der Waals surface area contributed by atoms with Gasteiger partial charge in [-0.25, -0.2) is 9.97 Å². The van der Waals surface area contributed by atoms with Crippen LogP contribution in [0.3, 0.4) is 0 Å². The molecular formula is C44H48N10O8. The fraction of sp³-hybridized carbons (Fsp3) is 0.409. The Bertz CT molecular complexity index is 2470. The van der Waals surface area contributed by atoms with Gasteiger partial charge in [0.2, 0.25) is 17.7 Å². The molecular weight excluding hydrogens is 797 g/mol. The fourth-order valence-corrected chi connectivity index (χ4v) is 8.01. The summed E-state index contributed by atoms with van der Waals surface area (Å²) in [5.74, 6) is -2.89. The lowest BCUT2D eigenvalue weighted by atomic mass is 9.85. The highest BCUT2D eigenvalue weighted by Crippen LogP contribution is 2.34. The van der Waals surface area contributed by atoms with Crippen molar-refractivity contribution in [3.63, 3.8) is 0 Å². The molecule has 7 rings (SSSR count). The Labute approximate surface area is 357 Å². The van der Waals surface area contributed by atoms with Gasteiger partial charge in [0, 0.05) is 67.0 Å². The number of imide groups is 2. The molecule has 2 fully saturated rings. The van der Waals surface area contributed by atoms with Gasteiger partial charge in [-0.05, 0) is 95.5 Å². The first kappa shape index (κ1) is 42.9. The molecule has 1 atom stereocenters. The number of fused-ring (bicyclic) bond motifs is 2. The number of nitrogens with zero attached hydrogens (tertiary/aromatic N) is 5. The third kappa shape index (κ3) is 9.72. The largest absolute Gasteiger partial charge is 0.483 e. The van der Waals surface area contributed by atoms with Crippen LogP contribution < -0.4 is 31.3 Å². The molecule has 1 saturated carbocycles. The standard InChI is InChI=1S/C44H48N10O8/c1-25(2)49-30-20-32(51-35(21-30)53-18-15-28-19-26(22-45)23-48-39(28)53)41(58)50-29-11-9-27(10-12-29)40(57)47-17-5-3-4-16-46-37(56)24-62-34-8-6-7-31-38(34)44(61)54(43(31)60)33-13-14-36(55)52-42(33)59/h6-8,15,18-21,23,25,27,29,33H,3-5,9-14,16-17,24H2,1-2H3,(H,46,56)(H,47,57)(H,49,51)(H,50,58)(H,52,55,59). The van der Waals surface area contributed by atoms with E-state index in [-0.39, 0.29) is 65.2 Å². The summed E-state index contributed by atoms with van der Waals surface area (Å²) in [6, 6.07) is 12.6. The lowest BCUT2D eigenvalue weighted by molar-refractivity contribution is -0.136. The van der Waals surface area contributed by atoms with Gasteiger partial charge in [0.25, 0.3) is 23.6 Å². The number of unbranched alkanes of at least 4 members (excludes halogenated alkanes) is 2. The van der Waals surface area contributed by atoms with Gasteiger partial charge in [-0.3, -0.25) is 48.3 Å². The second-order valence-electron chi connectivity index (χ2n) is 16.0. The maximum atomic E-state index is 13.5. The molecule has 0 bridgehead atoms. The van der Waals surface area contributed by atoms with Crippen molar-refractivity contribution in [2.75, 3.05) is 25.0 Å². The number of ether oxygens (including phenoxy) is 1. The first-order chi connectivity index (χ1) is 29.9. The first-order valence-electron chi connectivity index (χ1n) is 20.9. The van der Waals surface area contributed by atoms with Gasteiger partial charge in [0.05, 0.1) is 16.7 Å². The van der Waals surface area contributed by atoms with Crippen molar-refractivity contribution >= 4 is 58.1 Å². The lowest BCUT2D eigenvalue weighted by Crippen LogP contribution is -2.54. The number of piperidine rings is 1. The molecule has 5 N–H and O–H groups in total. The Hall–Kier alpha value is -7.16. The van der Waals surface area contributed by atoms with Gasteiger partial charge in [0.1, 0.15) is 35.0 Å². The van der Waals surface area contributed by atoms with E-state index in [1.807, 2.05) is 32.2 Å². The number of nitrogens with one attached hydrogen (secondary N) is 5. The maximum Gasteiger partial charge on any atom is 0.270 e. The predicted molar refractivity (Wildman–Crippen MR) is 224 cm³/mol. The van der Waals surface area contributed by atoms with E-state index in [9.17, 15) is 38.8 Å². The average Bonchev–Trinajstić information content (AvgIpc) is 3.79. The van der Waals surface area contributed by atoms with Crippen molar-refractivity contribution in [3.8, 4) is 17.6 Å². The van der Waals surface area contributed by atoms with Crippen LogP contribution in [-0.2, 0) is 19.2 Å². The number of anilines is 1. The molecule has 4 aromatic rings. The summed E-state index contributed by atoms with van der Waals surface area (Å²) >= 11 is 0. The summed E-state index contributed by atoms with van der Waals surface area (Å²) in [5, 5.41) is 24.5. The number of rotatable bonds is 16. The summed E-state index contributed by atoms with van der Waals surface area (Å²) in [7, 11) is 0. The number of carbonyl (C=O) groups is 7. The van der Waals surface area contributed by atoms with Crippen LogP contribution in [0.25, 0.3) is 16.9 Å². The molecule has 18 heteroatoms. The zero-order chi connectivity index (χ0) is 43.9. The highest BCUT2D eigenvalue weighted by molar-refractivity contribution is 6.24. The van der Waals surface area contributed by atoms with E-state index in [2.05, 4.69) is 42.6 Å². The molecule has 1 aliphatic carbocycles. The summed E-state index contributed by atoms with van der Waals surface area (Å²) in [6.45, 7) is 4.49. The monoisotopic (exact) mass is 844 g/mol. The predicted octanol–water partition coefficient (Wildman–Crippen LogP) is 3.28. The van der Waals surface area contributed by atoms with E-state index in [0.717, 1.165) is 28.8 Å². The van der Waals surface area contributed by atoms with E-state index in [4.69, 9.17) is 4.74 Å². The summed E-state index contributed by atoms with van der Waals surface area (Å²) in [5.41, 5.74) is 2.09. The van der Waals surface area contributed by atoms with Crippen LogP contribution in [0.4, 0.5) is 5.69 Å². The van der Waals surface area contributed by atoms with E-state index in [0.29, 0.717) is 62.2 Å². The molecule has 62 heavy (non-hydrogen) atoms. The topological polar surface area (TPSA) is 247 Å². The highest BCUT2D eigenvalue weighted by Gasteiger charge is 2.46. The second-order valence-corrected chi connectivity index (χ2v) is 16.0. The van der Waals surface area contributed by atoms with Crippen LogP contribution in [0.5, 0.6) is 5.75 Å². The molecule has 322 valence electrons. The first-order valence-corrected chi connectivity index (χ1v) is 20.9. The van der Waals surface area contributed by atoms with Crippen molar-refractivity contribution in [1.29, 1.82) is 5.26 Å². The summed E-state index contributed by atoms with van der Waals surface area (Å²) in [4.78, 5) is 99.2. The number of amides is 7. The maximum absolute atomic E-state index is 13.5. The number of nitriles is 1. The zero-order valence-corrected chi connectivity index (χ0v) is 34.5. The second kappa shape index (κ2) is 19.0. The number of benzene rings is 1. The number of aromatic nitrogens is 3. The Morgan fingerprint density at radius 1 is 0.952 bits per heavy atom. The van der Waals surface area contributed by atoms with Crippen molar-refractivity contribution in [2.45, 2.75) is 89.8 Å². The Morgan fingerprint density at radius 2 is 1.73 bits per heavy atom. The quantitative estimate of drug-likeness (QED) is 0.0806. The normalized spacial score (nSPS) is 18.5. The minimum Gasteiger partial charge on any atom is -0.483 e. The Balaban J connectivity index is 0.798. The SMILES string of the molecule is CC(C)Nc1cc(C(=O)NC2CCC(C(=O)NCCCCCNC(=O)COc3cccc4c3C(=O)N(C3CCC(=O)NC3=O)C4=O)CC2)nc(-n2ccc3cc(C#N)cnc32)c1. The van der Waals surface area contributed by atoms with Crippen LogP contribution in [0.1, 0.15) is 108 Å².